The van der Waals surface area contributed by atoms with Crippen molar-refractivity contribution in [3.8, 4) is 17.4 Å². The molecule has 2 unspecified atom stereocenters. The van der Waals surface area contributed by atoms with Crippen molar-refractivity contribution in [2.24, 2.45) is 0 Å². The molecule has 2 atom stereocenters. The first kappa shape index (κ1) is 24.2. The molecule has 0 fully saturated rings. The van der Waals surface area contributed by atoms with Gasteiger partial charge in [0.25, 0.3) is 5.91 Å². The van der Waals surface area contributed by atoms with Gasteiger partial charge in [0, 0.05) is 6.20 Å². The van der Waals surface area contributed by atoms with Crippen LogP contribution in [0.15, 0.2) is 36.5 Å². The van der Waals surface area contributed by atoms with Gasteiger partial charge in [-0.25, -0.2) is 9.78 Å². The Morgan fingerprint density at radius 2 is 1.84 bits per heavy atom. The summed E-state index contributed by atoms with van der Waals surface area (Å²) in [6, 6.07) is 6.40. The lowest BCUT2D eigenvalue weighted by atomic mass is 10.3. The standard InChI is InChI=1S/C19H18ClF3N2O6/c1-3-29-18(28)16(27)25-15(26)10(2)30-12-4-6-13(7-5-12)31-17-14(20)8-11(9-24-17)19(21,22)23/h4-10,16,27H,3H2,1-2H3,(H,25,26). The molecule has 0 spiro atoms. The van der Waals surface area contributed by atoms with Gasteiger partial charge in [-0.2, -0.15) is 13.2 Å². The maximum absolute atomic E-state index is 12.7. The summed E-state index contributed by atoms with van der Waals surface area (Å²) in [4.78, 5) is 26.9. The molecule has 1 amide bonds. The Morgan fingerprint density at radius 3 is 2.39 bits per heavy atom. The highest BCUT2D eigenvalue weighted by Gasteiger charge is 2.32. The fraction of sp³-hybridized carbons (Fsp3) is 0.316. The second-order valence-electron chi connectivity index (χ2n) is 6.01. The Bertz CT molecular complexity index is 924. The molecule has 0 aliphatic heterocycles. The van der Waals surface area contributed by atoms with Gasteiger partial charge in [0.1, 0.15) is 16.5 Å². The number of amides is 1. The van der Waals surface area contributed by atoms with Crippen LogP contribution in [0.2, 0.25) is 5.02 Å². The van der Waals surface area contributed by atoms with Gasteiger partial charge in [-0.15, -0.1) is 0 Å². The highest BCUT2D eigenvalue weighted by Crippen LogP contribution is 2.34. The fourth-order valence-electron chi connectivity index (χ4n) is 2.14. The van der Waals surface area contributed by atoms with Crippen LogP contribution in [-0.4, -0.2) is 40.9 Å². The molecule has 2 N–H and O–H groups in total. The third kappa shape index (κ3) is 7.00. The van der Waals surface area contributed by atoms with Gasteiger partial charge in [-0.05, 0) is 44.2 Å². The predicted molar refractivity (Wildman–Crippen MR) is 102 cm³/mol. The summed E-state index contributed by atoms with van der Waals surface area (Å²) in [5.41, 5.74) is -1.01. The Labute approximate surface area is 179 Å². The lowest BCUT2D eigenvalue weighted by molar-refractivity contribution is -0.157. The predicted octanol–water partition coefficient (Wildman–Crippen LogP) is 3.31. The smallest absolute Gasteiger partial charge is 0.417 e. The molecule has 0 bridgehead atoms. The molecule has 1 aromatic heterocycles. The number of carbonyl (C=O) groups excluding carboxylic acids is 2. The number of halogens is 4. The maximum Gasteiger partial charge on any atom is 0.417 e. The molecule has 1 heterocycles. The Morgan fingerprint density at radius 1 is 1.23 bits per heavy atom. The van der Waals surface area contributed by atoms with Gasteiger partial charge in [0.2, 0.25) is 12.1 Å². The van der Waals surface area contributed by atoms with E-state index in [1.165, 1.54) is 31.2 Å². The lowest BCUT2D eigenvalue weighted by Gasteiger charge is -2.17. The molecule has 1 aromatic carbocycles. The minimum absolute atomic E-state index is 0.0411. The number of ether oxygens (including phenoxy) is 3. The van der Waals surface area contributed by atoms with E-state index >= 15 is 0 Å². The number of carbonyl (C=O) groups is 2. The molecule has 2 rings (SSSR count). The zero-order chi connectivity index (χ0) is 23.2. The van der Waals surface area contributed by atoms with Crippen LogP contribution < -0.4 is 14.8 Å². The van der Waals surface area contributed by atoms with Crippen LogP contribution in [0.5, 0.6) is 17.4 Å². The highest BCUT2D eigenvalue weighted by molar-refractivity contribution is 6.31. The molecular formula is C19H18ClF3N2O6. The molecular weight excluding hydrogens is 445 g/mol. The molecule has 168 valence electrons. The van der Waals surface area contributed by atoms with Crippen LogP contribution in [0.25, 0.3) is 0 Å². The summed E-state index contributed by atoms with van der Waals surface area (Å²) in [5, 5.41) is 11.3. The third-order valence-electron chi connectivity index (χ3n) is 3.64. The van der Waals surface area contributed by atoms with Crippen LogP contribution in [0.1, 0.15) is 19.4 Å². The van der Waals surface area contributed by atoms with Crippen LogP contribution in [-0.2, 0) is 20.5 Å². The minimum atomic E-state index is -4.58. The molecule has 0 aliphatic rings. The zero-order valence-electron chi connectivity index (χ0n) is 16.3. The number of alkyl halides is 3. The molecule has 12 heteroatoms. The summed E-state index contributed by atoms with van der Waals surface area (Å²) in [6.45, 7) is 2.98. The molecule has 2 aromatic rings. The number of pyridine rings is 1. The Balaban J connectivity index is 1.96. The quantitative estimate of drug-likeness (QED) is 0.458. The second kappa shape index (κ2) is 10.3. The van der Waals surface area contributed by atoms with Crippen LogP contribution in [0, 0.1) is 0 Å². The first-order valence-corrected chi connectivity index (χ1v) is 9.21. The van der Waals surface area contributed by atoms with E-state index in [-0.39, 0.29) is 29.0 Å². The first-order valence-electron chi connectivity index (χ1n) is 8.83. The van der Waals surface area contributed by atoms with Crippen LogP contribution in [0.4, 0.5) is 13.2 Å². The molecule has 0 saturated heterocycles. The van der Waals surface area contributed by atoms with E-state index in [1.807, 2.05) is 5.32 Å². The number of benzene rings is 1. The Hall–Kier alpha value is -3.05. The van der Waals surface area contributed by atoms with Crippen molar-refractivity contribution in [3.05, 3.63) is 47.1 Å². The average Bonchev–Trinajstić information content (AvgIpc) is 2.70. The van der Waals surface area contributed by atoms with Crippen molar-refractivity contribution < 1.29 is 42.1 Å². The summed E-state index contributed by atoms with van der Waals surface area (Å²) in [6.07, 6.45) is -6.87. The second-order valence-corrected chi connectivity index (χ2v) is 6.41. The van der Waals surface area contributed by atoms with Gasteiger partial charge in [0.15, 0.2) is 6.10 Å². The molecule has 0 aliphatic carbocycles. The fourth-order valence-corrected chi connectivity index (χ4v) is 2.35. The number of hydrogen-bond acceptors (Lipinski definition) is 7. The van der Waals surface area contributed by atoms with Crippen LogP contribution in [0.3, 0.4) is 0 Å². The largest absolute Gasteiger partial charge is 0.481 e. The van der Waals surface area contributed by atoms with Gasteiger partial charge >= 0.3 is 12.1 Å². The topological polar surface area (TPSA) is 107 Å². The number of aliphatic hydroxyl groups excluding tert-OH is 1. The van der Waals surface area contributed by atoms with Gasteiger partial charge in [-0.1, -0.05) is 11.6 Å². The number of esters is 1. The number of aliphatic hydroxyl groups is 1. The number of nitrogens with zero attached hydrogens (tertiary/aromatic N) is 1. The normalized spacial score (nSPS) is 13.1. The van der Waals surface area contributed by atoms with E-state index in [2.05, 4.69) is 9.72 Å². The number of aromatic nitrogens is 1. The highest BCUT2D eigenvalue weighted by atomic mass is 35.5. The average molecular weight is 463 g/mol. The zero-order valence-corrected chi connectivity index (χ0v) is 17.0. The SMILES string of the molecule is CCOC(=O)C(O)NC(=O)C(C)Oc1ccc(Oc2ncc(C(F)(F)F)cc2Cl)cc1. The van der Waals surface area contributed by atoms with Gasteiger partial charge in [-0.3, -0.25) is 4.79 Å². The molecule has 0 radical (unpaired) electrons. The van der Waals surface area contributed by atoms with E-state index in [9.17, 15) is 27.9 Å². The van der Waals surface area contributed by atoms with Crippen molar-refractivity contribution in [3.63, 3.8) is 0 Å². The van der Waals surface area contributed by atoms with Crippen molar-refractivity contribution in [1.29, 1.82) is 0 Å². The van der Waals surface area contributed by atoms with Crippen molar-refractivity contribution >= 4 is 23.5 Å². The maximum atomic E-state index is 12.7. The monoisotopic (exact) mass is 462 g/mol. The molecule has 0 saturated carbocycles. The van der Waals surface area contributed by atoms with Crippen molar-refractivity contribution in [1.82, 2.24) is 10.3 Å². The van der Waals surface area contributed by atoms with Crippen molar-refractivity contribution in [2.45, 2.75) is 32.4 Å². The van der Waals surface area contributed by atoms with E-state index in [0.29, 0.717) is 12.3 Å². The number of rotatable bonds is 8. The van der Waals surface area contributed by atoms with E-state index < -0.39 is 35.9 Å². The minimum Gasteiger partial charge on any atom is -0.481 e. The lowest BCUT2D eigenvalue weighted by Crippen LogP contribution is -2.46. The van der Waals surface area contributed by atoms with E-state index in [0.717, 1.165) is 0 Å². The molecule has 31 heavy (non-hydrogen) atoms. The number of hydrogen-bond donors (Lipinski definition) is 2. The summed E-state index contributed by atoms with van der Waals surface area (Å²) in [5.74, 6) is -1.53. The van der Waals surface area contributed by atoms with Gasteiger partial charge < -0.3 is 24.6 Å². The van der Waals surface area contributed by atoms with Crippen LogP contribution >= 0.6 is 11.6 Å². The summed E-state index contributed by atoms with van der Waals surface area (Å²) >= 11 is 5.79. The first-order chi connectivity index (χ1) is 14.5. The third-order valence-corrected chi connectivity index (χ3v) is 3.91. The van der Waals surface area contributed by atoms with E-state index in [4.69, 9.17) is 21.1 Å². The number of nitrogens with one attached hydrogen (secondary N) is 1. The summed E-state index contributed by atoms with van der Waals surface area (Å²) < 4.78 is 53.3. The molecule has 8 nitrogen and oxygen atoms in total. The van der Waals surface area contributed by atoms with Crippen molar-refractivity contribution in [2.75, 3.05) is 6.61 Å². The Kier molecular flexibility index (Phi) is 8.06. The van der Waals surface area contributed by atoms with E-state index in [1.54, 1.807) is 6.92 Å². The van der Waals surface area contributed by atoms with Gasteiger partial charge in [0.05, 0.1) is 12.2 Å². The summed E-state index contributed by atoms with van der Waals surface area (Å²) in [7, 11) is 0.